The monoisotopic (exact) mass is 387 g/mol. The molecule has 0 saturated carbocycles. The molecule has 0 N–H and O–H groups in total. The molecule has 154 valence electrons. The Morgan fingerprint density at radius 2 is 1.82 bits per heavy atom. The fourth-order valence-electron chi connectivity index (χ4n) is 3.78. The van der Waals surface area contributed by atoms with E-state index in [1.54, 1.807) is 0 Å². The Morgan fingerprint density at radius 1 is 1.07 bits per heavy atom. The summed E-state index contributed by atoms with van der Waals surface area (Å²) in [5, 5.41) is 0. The second-order valence-corrected chi connectivity index (χ2v) is 7.49. The van der Waals surface area contributed by atoms with E-state index < -0.39 is 0 Å². The van der Waals surface area contributed by atoms with Gasteiger partial charge < -0.3 is 9.64 Å². The maximum atomic E-state index is 12.3. The van der Waals surface area contributed by atoms with E-state index in [1.165, 1.54) is 0 Å². The van der Waals surface area contributed by atoms with Gasteiger partial charge >= 0.3 is 5.97 Å². The average molecular weight is 388 g/mol. The number of ether oxygens (including phenoxy) is 1. The number of Topliss-reactive ketones (excluding diaryl/α,β-unsaturated/α-hetero) is 1. The molecule has 1 aliphatic heterocycles. The molecule has 1 aromatic rings. The van der Waals surface area contributed by atoms with Gasteiger partial charge in [-0.2, -0.15) is 0 Å². The molecule has 1 fully saturated rings. The average Bonchev–Trinajstić information content (AvgIpc) is 3.03. The molecule has 5 heteroatoms. The number of benzene rings is 1. The van der Waals surface area contributed by atoms with Crippen molar-refractivity contribution >= 4 is 17.7 Å². The van der Waals surface area contributed by atoms with E-state index in [0.29, 0.717) is 32.3 Å². The minimum Gasteiger partial charge on any atom is -0.466 e. The maximum Gasteiger partial charge on any atom is 0.305 e. The van der Waals surface area contributed by atoms with Gasteiger partial charge in [0.05, 0.1) is 6.61 Å². The number of nitrogens with zero attached hydrogens (tertiary/aromatic N) is 1. The zero-order valence-electron chi connectivity index (χ0n) is 17.0. The molecule has 1 heterocycles. The van der Waals surface area contributed by atoms with Crippen molar-refractivity contribution in [3.63, 3.8) is 0 Å². The molecule has 2 rings (SSSR count). The van der Waals surface area contributed by atoms with Crippen molar-refractivity contribution in [1.29, 1.82) is 0 Å². The Morgan fingerprint density at radius 3 is 2.57 bits per heavy atom. The van der Waals surface area contributed by atoms with Crippen molar-refractivity contribution in [3.8, 4) is 0 Å². The molecule has 0 bridgehead atoms. The number of hydrogen-bond donors (Lipinski definition) is 0. The number of amides is 1. The van der Waals surface area contributed by atoms with Gasteiger partial charge in [-0.05, 0) is 38.2 Å². The van der Waals surface area contributed by atoms with Gasteiger partial charge in [-0.15, -0.1) is 0 Å². The van der Waals surface area contributed by atoms with E-state index in [4.69, 9.17) is 4.74 Å². The molecule has 1 amide bonds. The summed E-state index contributed by atoms with van der Waals surface area (Å²) in [6.45, 7) is 3.01. The lowest BCUT2D eigenvalue weighted by Gasteiger charge is -2.24. The number of esters is 1. The topological polar surface area (TPSA) is 63.7 Å². The summed E-state index contributed by atoms with van der Waals surface area (Å²) < 4.78 is 4.92. The first kappa shape index (κ1) is 22.1. The number of unbranched alkanes of at least 4 members (excludes halogenated alkanes) is 3. The highest BCUT2D eigenvalue weighted by molar-refractivity contribution is 5.81. The minimum atomic E-state index is -0.127. The van der Waals surface area contributed by atoms with Crippen molar-refractivity contribution in [3.05, 3.63) is 35.9 Å². The second-order valence-electron chi connectivity index (χ2n) is 7.49. The number of rotatable bonds is 13. The van der Waals surface area contributed by atoms with Crippen molar-refractivity contribution in [1.82, 2.24) is 4.90 Å². The van der Waals surface area contributed by atoms with Crippen LogP contribution in [0.4, 0.5) is 0 Å². The van der Waals surface area contributed by atoms with E-state index in [0.717, 1.165) is 50.6 Å². The van der Waals surface area contributed by atoms with Crippen LogP contribution < -0.4 is 0 Å². The highest BCUT2D eigenvalue weighted by Crippen LogP contribution is 2.24. The molecule has 0 unspecified atom stereocenters. The summed E-state index contributed by atoms with van der Waals surface area (Å²) in [5.74, 6) is 0.328. The number of hydrogen-bond acceptors (Lipinski definition) is 4. The van der Waals surface area contributed by atoms with Gasteiger partial charge in [0.1, 0.15) is 5.78 Å². The van der Waals surface area contributed by atoms with Gasteiger partial charge in [0.25, 0.3) is 0 Å². The first-order valence-corrected chi connectivity index (χ1v) is 10.6. The largest absolute Gasteiger partial charge is 0.466 e. The van der Waals surface area contributed by atoms with Crippen LogP contribution in [0.25, 0.3) is 0 Å². The highest BCUT2D eigenvalue weighted by atomic mass is 16.5. The Hall–Kier alpha value is -2.17. The van der Waals surface area contributed by atoms with Crippen LogP contribution in [0.3, 0.4) is 0 Å². The van der Waals surface area contributed by atoms with E-state index in [9.17, 15) is 14.4 Å². The smallest absolute Gasteiger partial charge is 0.305 e. The van der Waals surface area contributed by atoms with Gasteiger partial charge in [-0.25, -0.2) is 0 Å². The summed E-state index contributed by atoms with van der Waals surface area (Å²) >= 11 is 0. The summed E-state index contributed by atoms with van der Waals surface area (Å²) in [6, 6.07) is 10.0. The highest BCUT2D eigenvalue weighted by Gasteiger charge is 2.30. The lowest BCUT2D eigenvalue weighted by Crippen LogP contribution is -2.34. The third-order valence-electron chi connectivity index (χ3n) is 5.29. The molecule has 1 aromatic carbocycles. The van der Waals surface area contributed by atoms with Gasteiger partial charge in [0.15, 0.2) is 0 Å². The molecule has 1 atom stereocenters. The molecular weight excluding hydrogens is 354 g/mol. The molecule has 0 aromatic heterocycles. The van der Waals surface area contributed by atoms with Crippen LogP contribution in [0.1, 0.15) is 70.3 Å². The number of likely N-dealkylation sites (tertiary alicyclic amines) is 1. The normalized spacial score (nSPS) is 16.4. The standard InChI is InChI=1S/C23H33NO4/c1-2-28-23(27)12-8-3-4-9-17-24-20(14-16-22(24)26)13-15-21(25)18-19-10-6-5-7-11-19/h5-7,10-11,20H,2-4,8-9,12-18H2,1H3/t20-/m0/s1. The van der Waals surface area contributed by atoms with Crippen molar-refractivity contribution in [2.75, 3.05) is 13.2 Å². The Kier molecular flexibility index (Phi) is 9.73. The van der Waals surface area contributed by atoms with Crippen molar-refractivity contribution in [2.24, 2.45) is 0 Å². The Bertz CT molecular complexity index is 629. The summed E-state index contributed by atoms with van der Waals surface area (Å²) in [6.07, 6.45) is 7.46. The predicted molar refractivity (Wildman–Crippen MR) is 109 cm³/mol. The van der Waals surface area contributed by atoms with E-state index in [-0.39, 0.29) is 23.7 Å². The zero-order chi connectivity index (χ0) is 20.2. The lowest BCUT2D eigenvalue weighted by atomic mass is 10.0. The molecule has 28 heavy (non-hydrogen) atoms. The molecule has 0 radical (unpaired) electrons. The van der Waals surface area contributed by atoms with Crippen molar-refractivity contribution < 1.29 is 19.1 Å². The summed E-state index contributed by atoms with van der Waals surface area (Å²) in [4.78, 5) is 37.7. The van der Waals surface area contributed by atoms with E-state index in [2.05, 4.69) is 0 Å². The molecule has 1 saturated heterocycles. The van der Waals surface area contributed by atoms with E-state index >= 15 is 0 Å². The SMILES string of the molecule is CCOC(=O)CCCCCCN1C(=O)CC[C@@H]1CCC(=O)Cc1ccccc1. The first-order valence-electron chi connectivity index (χ1n) is 10.6. The first-order chi connectivity index (χ1) is 13.6. The van der Waals surface area contributed by atoms with Crippen LogP contribution in [0.15, 0.2) is 30.3 Å². The zero-order valence-corrected chi connectivity index (χ0v) is 17.0. The van der Waals surface area contributed by atoms with Crippen LogP contribution in [0.2, 0.25) is 0 Å². The van der Waals surface area contributed by atoms with Crippen LogP contribution in [-0.2, 0) is 25.5 Å². The predicted octanol–water partition coefficient (Wildman–Crippen LogP) is 4.08. The molecule has 5 nitrogen and oxygen atoms in total. The van der Waals surface area contributed by atoms with Crippen LogP contribution >= 0.6 is 0 Å². The van der Waals surface area contributed by atoms with Crippen LogP contribution in [-0.4, -0.2) is 41.8 Å². The second kappa shape index (κ2) is 12.3. The van der Waals surface area contributed by atoms with Gasteiger partial charge in [-0.3, -0.25) is 14.4 Å². The Labute approximate surface area is 168 Å². The fraction of sp³-hybridized carbons (Fsp3) is 0.609. The van der Waals surface area contributed by atoms with Gasteiger partial charge in [0, 0.05) is 38.3 Å². The summed E-state index contributed by atoms with van der Waals surface area (Å²) in [5.41, 5.74) is 1.05. The maximum absolute atomic E-state index is 12.3. The molecular formula is C23H33NO4. The quantitative estimate of drug-likeness (QED) is 0.378. The minimum absolute atomic E-state index is 0.127. The third kappa shape index (κ3) is 7.83. The van der Waals surface area contributed by atoms with Crippen molar-refractivity contribution in [2.45, 2.75) is 77.2 Å². The van der Waals surface area contributed by atoms with Gasteiger partial charge in [0.2, 0.25) is 5.91 Å². The molecule has 1 aliphatic rings. The number of carbonyl (C=O) groups excluding carboxylic acids is 3. The van der Waals surface area contributed by atoms with Gasteiger partial charge in [-0.1, -0.05) is 43.2 Å². The summed E-state index contributed by atoms with van der Waals surface area (Å²) in [7, 11) is 0. The Balaban J connectivity index is 1.63. The molecule has 0 aliphatic carbocycles. The molecule has 0 spiro atoms. The van der Waals surface area contributed by atoms with Crippen LogP contribution in [0.5, 0.6) is 0 Å². The number of ketones is 1. The number of carbonyl (C=O) groups is 3. The third-order valence-corrected chi connectivity index (χ3v) is 5.29. The lowest BCUT2D eigenvalue weighted by molar-refractivity contribution is -0.143. The van der Waals surface area contributed by atoms with E-state index in [1.807, 2.05) is 42.2 Å². The van der Waals surface area contributed by atoms with Crippen LogP contribution in [0, 0.1) is 0 Å². The fourth-order valence-corrected chi connectivity index (χ4v) is 3.78.